The molecule has 1 aliphatic heterocycles. The molecule has 1 saturated heterocycles. The summed E-state index contributed by atoms with van der Waals surface area (Å²) in [5.74, 6) is 1.13. The predicted octanol–water partition coefficient (Wildman–Crippen LogP) is 5.54. The van der Waals surface area contributed by atoms with Crippen LogP contribution in [0.3, 0.4) is 0 Å². The maximum Gasteiger partial charge on any atom is 0.266 e. The summed E-state index contributed by atoms with van der Waals surface area (Å²) in [4.78, 5) is 21.3. The molecular formula is C25H31N3O3S. The minimum absolute atomic E-state index is 0.0392. The monoisotopic (exact) mass is 453 g/mol. The van der Waals surface area contributed by atoms with Crippen LogP contribution in [0.25, 0.3) is 6.08 Å². The number of benzene rings is 1. The molecule has 4 rings (SSSR count). The van der Waals surface area contributed by atoms with E-state index in [1.54, 1.807) is 13.2 Å². The molecule has 32 heavy (non-hydrogen) atoms. The third-order valence-electron chi connectivity index (χ3n) is 6.42. The smallest absolute Gasteiger partial charge is 0.266 e. The molecule has 3 fully saturated rings. The second-order valence-corrected chi connectivity index (χ2v) is 9.65. The van der Waals surface area contributed by atoms with Crippen molar-refractivity contribution in [3.8, 4) is 17.6 Å². The summed E-state index contributed by atoms with van der Waals surface area (Å²) in [6, 6.07) is 8.07. The number of methoxy groups -OCH3 is 1. The van der Waals surface area contributed by atoms with Crippen molar-refractivity contribution in [1.29, 1.82) is 5.26 Å². The molecule has 7 heteroatoms. The molecule has 0 spiro atoms. The van der Waals surface area contributed by atoms with Gasteiger partial charge in [0.2, 0.25) is 0 Å². The molecule has 0 aromatic heterocycles. The molecule has 0 unspecified atom stereocenters. The first kappa shape index (κ1) is 22.7. The third-order valence-corrected chi connectivity index (χ3v) is 7.42. The van der Waals surface area contributed by atoms with Crippen molar-refractivity contribution in [3.05, 3.63) is 28.7 Å². The highest BCUT2D eigenvalue weighted by Gasteiger charge is 2.39. The lowest BCUT2D eigenvalue weighted by Gasteiger charge is -2.31. The fourth-order valence-electron chi connectivity index (χ4n) is 4.76. The zero-order valence-corrected chi connectivity index (χ0v) is 19.5. The molecule has 0 atom stereocenters. The molecule has 1 amide bonds. The van der Waals surface area contributed by atoms with Crippen molar-refractivity contribution >= 4 is 28.9 Å². The minimum atomic E-state index is -0.0392. The predicted molar refractivity (Wildman–Crippen MR) is 128 cm³/mol. The second kappa shape index (κ2) is 10.9. The summed E-state index contributed by atoms with van der Waals surface area (Å²) in [6.45, 7) is -0.0392. The van der Waals surface area contributed by atoms with Gasteiger partial charge in [-0.3, -0.25) is 14.7 Å². The highest BCUT2D eigenvalue weighted by Crippen LogP contribution is 2.39. The van der Waals surface area contributed by atoms with Gasteiger partial charge in [-0.2, -0.15) is 5.26 Å². The summed E-state index contributed by atoms with van der Waals surface area (Å²) in [6.07, 6.45) is 13.6. The number of carbonyl (C=O) groups is 1. The van der Waals surface area contributed by atoms with Crippen LogP contribution in [0.5, 0.6) is 11.5 Å². The van der Waals surface area contributed by atoms with Crippen molar-refractivity contribution in [2.45, 2.75) is 76.3 Å². The van der Waals surface area contributed by atoms with E-state index in [2.05, 4.69) is 0 Å². The molecule has 1 heterocycles. The van der Waals surface area contributed by atoms with Crippen molar-refractivity contribution in [2.24, 2.45) is 4.99 Å². The van der Waals surface area contributed by atoms with Gasteiger partial charge in [-0.15, -0.1) is 0 Å². The lowest BCUT2D eigenvalue weighted by molar-refractivity contribution is -0.124. The van der Waals surface area contributed by atoms with Crippen LogP contribution < -0.4 is 9.47 Å². The number of nitriles is 1. The molecule has 0 bridgehead atoms. The molecule has 1 aromatic carbocycles. The Labute approximate surface area is 194 Å². The van der Waals surface area contributed by atoms with Gasteiger partial charge in [0.05, 0.1) is 18.1 Å². The van der Waals surface area contributed by atoms with Gasteiger partial charge in [0.1, 0.15) is 6.07 Å². The van der Waals surface area contributed by atoms with Crippen molar-refractivity contribution < 1.29 is 14.3 Å². The van der Waals surface area contributed by atoms with Crippen molar-refractivity contribution in [3.63, 3.8) is 0 Å². The Bertz CT molecular complexity index is 925. The number of nitrogens with zero attached hydrogens (tertiary/aromatic N) is 3. The first-order chi connectivity index (χ1) is 15.7. The minimum Gasteiger partial charge on any atom is -0.493 e. The average molecular weight is 454 g/mol. The number of amides is 1. The molecule has 0 N–H and O–H groups in total. The van der Waals surface area contributed by atoms with Gasteiger partial charge >= 0.3 is 0 Å². The number of thioether (sulfide) groups is 1. The van der Waals surface area contributed by atoms with E-state index in [-0.39, 0.29) is 18.6 Å². The van der Waals surface area contributed by atoms with Crippen molar-refractivity contribution in [2.75, 3.05) is 13.7 Å². The Morgan fingerprint density at radius 1 is 1.12 bits per heavy atom. The van der Waals surface area contributed by atoms with E-state index < -0.39 is 0 Å². The van der Waals surface area contributed by atoms with Crippen LogP contribution in [0.2, 0.25) is 0 Å². The number of ether oxygens (including phenoxy) is 2. The van der Waals surface area contributed by atoms with Crippen LogP contribution in [-0.2, 0) is 4.79 Å². The van der Waals surface area contributed by atoms with Gasteiger partial charge in [-0.05, 0) is 61.2 Å². The van der Waals surface area contributed by atoms with Gasteiger partial charge in [-0.25, -0.2) is 0 Å². The van der Waals surface area contributed by atoms with Crippen LogP contribution in [0.15, 0.2) is 28.1 Å². The van der Waals surface area contributed by atoms with E-state index in [0.29, 0.717) is 22.4 Å². The SMILES string of the molecule is COc1cc(/C=C2\SC(=NC3CCCCC3)N(C3CCCCC3)C2=O)ccc1OCC#N. The molecule has 3 aliphatic rings. The number of rotatable bonds is 6. The van der Waals surface area contributed by atoms with Gasteiger partial charge in [0, 0.05) is 6.04 Å². The van der Waals surface area contributed by atoms with Crippen LogP contribution in [0.4, 0.5) is 0 Å². The van der Waals surface area contributed by atoms with E-state index in [1.807, 2.05) is 29.2 Å². The van der Waals surface area contributed by atoms with Gasteiger partial charge in [0.15, 0.2) is 23.3 Å². The average Bonchev–Trinajstić information content (AvgIpc) is 3.13. The Hall–Kier alpha value is -2.46. The molecule has 6 nitrogen and oxygen atoms in total. The summed E-state index contributed by atoms with van der Waals surface area (Å²) in [5, 5.41) is 9.65. The largest absolute Gasteiger partial charge is 0.493 e. The Balaban J connectivity index is 1.61. The second-order valence-electron chi connectivity index (χ2n) is 8.64. The van der Waals surface area contributed by atoms with E-state index in [0.717, 1.165) is 36.4 Å². The summed E-state index contributed by atoms with van der Waals surface area (Å²) in [5.41, 5.74) is 0.865. The number of hydrogen-bond donors (Lipinski definition) is 0. The van der Waals surface area contributed by atoms with Gasteiger partial charge in [-0.1, -0.05) is 44.6 Å². The highest BCUT2D eigenvalue weighted by atomic mass is 32.2. The van der Waals surface area contributed by atoms with E-state index in [9.17, 15) is 4.79 Å². The van der Waals surface area contributed by atoms with E-state index in [4.69, 9.17) is 19.7 Å². The zero-order chi connectivity index (χ0) is 22.3. The van der Waals surface area contributed by atoms with Crippen LogP contribution in [0.1, 0.15) is 69.8 Å². The molecule has 1 aromatic rings. The lowest BCUT2D eigenvalue weighted by Crippen LogP contribution is -2.41. The van der Waals surface area contributed by atoms with Gasteiger partial charge < -0.3 is 9.47 Å². The Morgan fingerprint density at radius 2 is 1.84 bits per heavy atom. The zero-order valence-electron chi connectivity index (χ0n) is 18.7. The standard InChI is InChI=1S/C25H31N3O3S/c1-30-22-16-18(12-13-21(22)31-15-14-26)17-23-24(29)28(20-10-6-3-7-11-20)25(32-23)27-19-8-4-2-5-9-19/h12-13,16-17,19-20H,2-11,15H2,1H3/b23-17-,27-25?. The van der Waals surface area contributed by atoms with Crippen LogP contribution in [0, 0.1) is 11.3 Å². The van der Waals surface area contributed by atoms with E-state index in [1.165, 1.54) is 50.3 Å². The fraction of sp³-hybridized carbons (Fsp3) is 0.560. The van der Waals surface area contributed by atoms with Crippen LogP contribution >= 0.6 is 11.8 Å². The Morgan fingerprint density at radius 3 is 2.53 bits per heavy atom. The van der Waals surface area contributed by atoms with E-state index >= 15 is 0 Å². The number of amidine groups is 1. The summed E-state index contributed by atoms with van der Waals surface area (Å²) in [7, 11) is 1.57. The molecule has 170 valence electrons. The summed E-state index contributed by atoms with van der Waals surface area (Å²) >= 11 is 1.51. The number of carbonyl (C=O) groups excluding carboxylic acids is 1. The number of aliphatic imine (C=N–C) groups is 1. The number of hydrogen-bond acceptors (Lipinski definition) is 6. The molecule has 2 aliphatic carbocycles. The Kier molecular flexibility index (Phi) is 7.75. The maximum absolute atomic E-state index is 13.5. The lowest BCUT2D eigenvalue weighted by atomic mass is 9.94. The van der Waals surface area contributed by atoms with Crippen LogP contribution in [-0.4, -0.2) is 41.8 Å². The normalized spacial score (nSPS) is 23.0. The quantitative estimate of drug-likeness (QED) is 0.529. The first-order valence-electron chi connectivity index (χ1n) is 11.7. The first-order valence-corrected chi connectivity index (χ1v) is 12.5. The molecule has 2 saturated carbocycles. The third kappa shape index (κ3) is 5.29. The molecular weight excluding hydrogens is 422 g/mol. The maximum atomic E-state index is 13.5. The topological polar surface area (TPSA) is 74.9 Å². The highest BCUT2D eigenvalue weighted by molar-refractivity contribution is 8.18. The molecule has 0 radical (unpaired) electrons. The fourth-order valence-corrected chi connectivity index (χ4v) is 5.87. The van der Waals surface area contributed by atoms with Crippen molar-refractivity contribution in [1.82, 2.24) is 4.90 Å². The van der Waals surface area contributed by atoms with Gasteiger partial charge in [0.25, 0.3) is 5.91 Å². The summed E-state index contributed by atoms with van der Waals surface area (Å²) < 4.78 is 10.8.